The number of hydrogen-bond donors (Lipinski definition) is 1. The molecule has 0 spiro atoms. The summed E-state index contributed by atoms with van der Waals surface area (Å²) < 4.78 is 23.9. The van der Waals surface area contributed by atoms with Crippen molar-refractivity contribution in [3.05, 3.63) is 65.5 Å². The first-order chi connectivity index (χ1) is 14.0. The van der Waals surface area contributed by atoms with Crippen molar-refractivity contribution >= 4 is 23.7 Å². The second-order valence-electron chi connectivity index (χ2n) is 7.62. The van der Waals surface area contributed by atoms with E-state index in [0.717, 1.165) is 0 Å². The van der Waals surface area contributed by atoms with Crippen LogP contribution in [0.1, 0.15) is 36.7 Å². The van der Waals surface area contributed by atoms with Crippen LogP contribution in [0.2, 0.25) is 0 Å². The van der Waals surface area contributed by atoms with Gasteiger partial charge in [-0.05, 0) is 51.1 Å². The predicted octanol–water partition coefficient (Wildman–Crippen LogP) is 3.99. The van der Waals surface area contributed by atoms with E-state index >= 15 is 0 Å². The fourth-order valence-electron chi connectivity index (χ4n) is 2.40. The van der Waals surface area contributed by atoms with E-state index in [1.54, 1.807) is 39.0 Å². The van der Waals surface area contributed by atoms with Crippen molar-refractivity contribution in [1.82, 2.24) is 4.90 Å². The molecule has 1 N–H and O–H groups in total. The van der Waals surface area contributed by atoms with Crippen LogP contribution in [-0.2, 0) is 20.8 Å². The van der Waals surface area contributed by atoms with E-state index in [1.807, 2.05) is 0 Å². The molecule has 0 radical (unpaired) electrons. The molecule has 0 aliphatic carbocycles. The highest BCUT2D eigenvalue weighted by atomic mass is 19.1. The molecule has 0 aromatic heterocycles. The molecule has 0 saturated carbocycles. The number of nitrogens with zero attached hydrogens (tertiary/aromatic N) is 1. The maximum atomic E-state index is 13.7. The molecule has 2 aromatic rings. The summed E-state index contributed by atoms with van der Waals surface area (Å²) in [5.41, 5.74) is 0.406. The molecule has 0 atom stereocenters. The summed E-state index contributed by atoms with van der Waals surface area (Å²) in [5, 5.41) is 2.55. The Labute approximate surface area is 174 Å². The van der Waals surface area contributed by atoms with Crippen LogP contribution in [0, 0.1) is 5.82 Å². The Morgan fingerprint density at radius 3 is 2.27 bits per heavy atom. The number of nitrogens with one attached hydrogen (secondary N) is 1. The highest BCUT2D eigenvalue weighted by molar-refractivity contribution is 5.92. The van der Waals surface area contributed by atoms with Gasteiger partial charge in [-0.2, -0.15) is 0 Å². The number of amides is 2. The Morgan fingerprint density at radius 2 is 1.67 bits per heavy atom. The molecule has 8 heteroatoms. The summed E-state index contributed by atoms with van der Waals surface area (Å²) in [6, 6.07) is 12.1. The number of hydrogen-bond acceptors (Lipinski definition) is 5. The SMILES string of the molecule is CN(Cc1ccccc1F)C(=O)COC(=O)c1ccc(NC(=O)OC(C)(C)C)cc1. The van der Waals surface area contributed by atoms with Crippen molar-refractivity contribution in [2.45, 2.75) is 32.9 Å². The smallest absolute Gasteiger partial charge is 0.412 e. The zero-order chi connectivity index (χ0) is 22.3. The van der Waals surface area contributed by atoms with E-state index in [9.17, 15) is 18.8 Å². The van der Waals surface area contributed by atoms with Gasteiger partial charge in [0, 0.05) is 24.8 Å². The van der Waals surface area contributed by atoms with Gasteiger partial charge in [-0.3, -0.25) is 10.1 Å². The maximum Gasteiger partial charge on any atom is 0.412 e. The number of carbonyl (C=O) groups is 3. The van der Waals surface area contributed by atoms with Crippen LogP contribution >= 0.6 is 0 Å². The molecule has 7 nitrogen and oxygen atoms in total. The van der Waals surface area contributed by atoms with Gasteiger partial charge in [-0.15, -0.1) is 0 Å². The Morgan fingerprint density at radius 1 is 1.03 bits per heavy atom. The minimum Gasteiger partial charge on any atom is -0.452 e. The van der Waals surface area contributed by atoms with E-state index in [4.69, 9.17) is 9.47 Å². The highest BCUT2D eigenvalue weighted by Crippen LogP contribution is 2.14. The number of anilines is 1. The number of carbonyl (C=O) groups excluding carboxylic acids is 3. The lowest BCUT2D eigenvalue weighted by atomic mass is 10.2. The van der Waals surface area contributed by atoms with Crippen molar-refractivity contribution < 1.29 is 28.2 Å². The normalized spacial score (nSPS) is 10.8. The van der Waals surface area contributed by atoms with E-state index in [1.165, 1.54) is 42.3 Å². The number of benzene rings is 2. The lowest BCUT2D eigenvalue weighted by Gasteiger charge is -2.19. The molecule has 2 amide bonds. The first kappa shape index (κ1) is 22.9. The Kier molecular flexibility index (Phi) is 7.52. The standard InChI is InChI=1S/C22H25FN2O5/c1-22(2,3)30-21(28)24-17-11-9-15(10-12-17)20(27)29-14-19(26)25(4)13-16-7-5-6-8-18(16)23/h5-12H,13-14H2,1-4H3,(H,24,28). The number of ether oxygens (including phenoxy) is 2. The van der Waals surface area contributed by atoms with Gasteiger partial charge in [0.2, 0.25) is 0 Å². The molecule has 0 aliphatic rings. The molecule has 2 rings (SSSR count). The summed E-state index contributed by atoms with van der Waals surface area (Å²) in [4.78, 5) is 37.3. The largest absolute Gasteiger partial charge is 0.452 e. The highest BCUT2D eigenvalue weighted by Gasteiger charge is 2.17. The van der Waals surface area contributed by atoms with Crippen molar-refractivity contribution in [2.24, 2.45) is 0 Å². The minimum atomic E-state index is -0.688. The van der Waals surface area contributed by atoms with Crippen molar-refractivity contribution in [3.63, 3.8) is 0 Å². The lowest BCUT2D eigenvalue weighted by molar-refractivity contribution is -0.133. The van der Waals surface area contributed by atoms with Crippen LogP contribution < -0.4 is 5.32 Å². The van der Waals surface area contributed by atoms with Crippen molar-refractivity contribution in [1.29, 1.82) is 0 Å². The lowest BCUT2D eigenvalue weighted by Crippen LogP contribution is -2.31. The summed E-state index contributed by atoms with van der Waals surface area (Å²) >= 11 is 0. The molecular weight excluding hydrogens is 391 g/mol. The molecule has 160 valence electrons. The Balaban J connectivity index is 1.85. The Hall–Kier alpha value is -3.42. The monoisotopic (exact) mass is 416 g/mol. The van der Waals surface area contributed by atoms with Crippen LogP contribution in [0.25, 0.3) is 0 Å². The summed E-state index contributed by atoms with van der Waals surface area (Å²) in [7, 11) is 1.50. The van der Waals surface area contributed by atoms with Crippen molar-refractivity contribution in [2.75, 3.05) is 19.0 Å². The van der Waals surface area contributed by atoms with Crippen LogP contribution in [-0.4, -0.2) is 42.1 Å². The summed E-state index contributed by atoms with van der Waals surface area (Å²) in [5.74, 6) is -1.56. The van der Waals surface area contributed by atoms with Gasteiger partial charge in [0.25, 0.3) is 5.91 Å². The second-order valence-corrected chi connectivity index (χ2v) is 7.62. The Bertz CT molecular complexity index is 906. The number of rotatable bonds is 6. The van der Waals surface area contributed by atoms with Gasteiger partial charge >= 0.3 is 12.1 Å². The van der Waals surface area contributed by atoms with E-state index < -0.39 is 36.0 Å². The summed E-state index contributed by atoms with van der Waals surface area (Å²) in [6.45, 7) is 4.85. The topological polar surface area (TPSA) is 84.9 Å². The molecular formula is C22H25FN2O5. The van der Waals surface area contributed by atoms with Gasteiger partial charge in [0.15, 0.2) is 6.61 Å². The fourth-order valence-corrected chi connectivity index (χ4v) is 2.40. The molecule has 0 unspecified atom stereocenters. The van der Waals surface area contributed by atoms with Crippen LogP contribution in [0.5, 0.6) is 0 Å². The second kappa shape index (κ2) is 9.87. The van der Waals surface area contributed by atoms with Gasteiger partial charge in [-0.1, -0.05) is 18.2 Å². The van der Waals surface area contributed by atoms with Gasteiger partial charge < -0.3 is 14.4 Å². The average Bonchev–Trinajstić information content (AvgIpc) is 2.66. The molecule has 0 bridgehead atoms. The van der Waals surface area contributed by atoms with Gasteiger partial charge in [0.05, 0.1) is 5.56 Å². The first-order valence-corrected chi connectivity index (χ1v) is 9.30. The number of likely N-dealkylation sites (N-methyl/N-ethyl adjacent to an activating group) is 1. The zero-order valence-electron chi connectivity index (χ0n) is 17.4. The van der Waals surface area contributed by atoms with Gasteiger partial charge in [0.1, 0.15) is 11.4 Å². The molecule has 0 fully saturated rings. The zero-order valence-corrected chi connectivity index (χ0v) is 17.4. The first-order valence-electron chi connectivity index (χ1n) is 9.30. The molecule has 0 aliphatic heterocycles. The third kappa shape index (κ3) is 7.20. The predicted molar refractivity (Wildman–Crippen MR) is 109 cm³/mol. The molecule has 30 heavy (non-hydrogen) atoms. The third-order valence-corrected chi connectivity index (χ3v) is 3.88. The van der Waals surface area contributed by atoms with Crippen LogP contribution in [0.4, 0.5) is 14.9 Å². The van der Waals surface area contributed by atoms with Gasteiger partial charge in [-0.25, -0.2) is 14.0 Å². The fraction of sp³-hybridized carbons (Fsp3) is 0.318. The number of halogens is 1. The number of esters is 1. The van der Waals surface area contributed by atoms with Crippen molar-refractivity contribution in [3.8, 4) is 0 Å². The summed E-state index contributed by atoms with van der Waals surface area (Å²) in [6.07, 6.45) is -0.610. The quantitative estimate of drug-likeness (QED) is 0.720. The van der Waals surface area contributed by atoms with E-state index in [2.05, 4.69) is 5.32 Å². The minimum absolute atomic E-state index is 0.0636. The van der Waals surface area contributed by atoms with Crippen LogP contribution in [0.3, 0.4) is 0 Å². The maximum absolute atomic E-state index is 13.7. The van der Waals surface area contributed by atoms with E-state index in [-0.39, 0.29) is 12.1 Å². The molecule has 0 saturated heterocycles. The molecule has 2 aromatic carbocycles. The van der Waals surface area contributed by atoms with E-state index in [0.29, 0.717) is 11.3 Å². The average molecular weight is 416 g/mol. The molecule has 0 heterocycles. The van der Waals surface area contributed by atoms with Crippen LogP contribution in [0.15, 0.2) is 48.5 Å². The third-order valence-electron chi connectivity index (χ3n) is 3.88.